The van der Waals surface area contributed by atoms with Crippen LogP contribution in [-0.4, -0.2) is 12.5 Å². The third kappa shape index (κ3) is 4.86. The Balaban J connectivity index is 1.72. The second kappa shape index (κ2) is 9.48. The van der Waals surface area contributed by atoms with Crippen LogP contribution < -0.4 is 15.5 Å². The lowest BCUT2D eigenvalue weighted by molar-refractivity contribution is -0.118. The van der Waals surface area contributed by atoms with Crippen molar-refractivity contribution < 1.29 is 13.9 Å². The Labute approximate surface area is 204 Å². The van der Waals surface area contributed by atoms with Crippen LogP contribution in [0.25, 0.3) is 22.3 Å². The van der Waals surface area contributed by atoms with E-state index in [4.69, 9.17) is 44.0 Å². The summed E-state index contributed by atoms with van der Waals surface area (Å²) in [6, 6.07) is 15.5. The number of hydrogen-bond acceptors (Lipinski definition) is 4. The van der Waals surface area contributed by atoms with Crippen LogP contribution in [-0.2, 0) is 4.79 Å². The molecule has 1 N–H and O–H groups in total. The highest BCUT2D eigenvalue weighted by Gasteiger charge is 2.20. The van der Waals surface area contributed by atoms with Crippen molar-refractivity contribution >= 4 is 57.4 Å². The van der Waals surface area contributed by atoms with Crippen molar-refractivity contribution in [3.8, 4) is 17.1 Å². The van der Waals surface area contributed by atoms with Gasteiger partial charge < -0.3 is 14.5 Å². The average molecular weight is 503 g/mol. The molecule has 0 radical (unpaired) electrons. The largest absolute Gasteiger partial charge is 0.476 e. The number of fused-ring (bicyclic) bond motifs is 1. The van der Waals surface area contributed by atoms with Crippen molar-refractivity contribution in [2.75, 3.05) is 11.9 Å². The van der Waals surface area contributed by atoms with Gasteiger partial charge in [-0.3, -0.25) is 9.59 Å². The molecule has 8 heteroatoms. The third-order valence-electron chi connectivity index (χ3n) is 5.02. The first-order valence-electron chi connectivity index (χ1n) is 9.95. The van der Waals surface area contributed by atoms with E-state index < -0.39 is 17.9 Å². The van der Waals surface area contributed by atoms with Crippen LogP contribution in [0.2, 0.25) is 15.1 Å². The Morgan fingerprint density at radius 2 is 1.73 bits per heavy atom. The molecule has 1 aromatic heterocycles. The standard InChI is InChI=1S/C25H18Cl3NO4/c1-13-6-8-15(9-7-13)24-25(23(31)16-11-18(27)14(2)10-20(16)33-24)32-12-21(30)29-19-5-3-4-17(26)22(19)28/h3-11H,12H2,1-2H3,(H,29,30). The highest BCUT2D eigenvalue weighted by molar-refractivity contribution is 6.44. The van der Waals surface area contributed by atoms with Gasteiger partial charge in [-0.25, -0.2) is 0 Å². The fraction of sp³-hybridized carbons (Fsp3) is 0.120. The van der Waals surface area contributed by atoms with Crippen LogP contribution in [0.5, 0.6) is 5.75 Å². The van der Waals surface area contributed by atoms with Gasteiger partial charge in [0.15, 0.2) is 12.4 Å². The van der Waals surface area contributed by atoms with Gasteiger partial charge in [0.2, 0.25) is 11.2 Å². The van der Waals surface area contributed by atoms with Gasteiger partial charge in [-0.2, -0.15) is 0 Å². The van der Waals surface area contributed by atoms with Crippen LogP contribution >= 0.6 is 34.8 Å². The number of carbonyl (C=O) groups is 1. The van der Waals surface area contributed by atoms with E-state index in [1.165, 1.54) is 6.07 Å². The summed E-state index contributed by atoms with van der Waals surface area (Å²) in [5, 5.41) is 3.83. The minimum absolute atomic E-state index is 0.0846. The van der Waals surface area contributed by atoms with E-state index in [2.05, 4.69) is 5.32 Å². The van der Waals surface area contributed by atoms with Gasteiger partial charge in [0, 0.05) is 10.6 Å². The minimum Gasteiger partial charge on any atom is -0.476 e. The second-order valence-electron chi connectivity index (χ2n) is 7.49. The van der Waals surface area contributed by atoms with Crippen LogP contribution in [0.3, 0.4) is 0 Å². The Morgan fingerprint density at radius 1 is 1.00 bits per heavy atom. The summed E-state index contributed by atoms with van der Waals surface area (Å²) < 4.78 is 11.8. The van der Waals surface area contributed by atoms with E-state index in [0.717, 1.165) is 11.1 Å². The molecule has 4 rings (SSSR count). The number of amides is 1. The molecule has 0 aliphatic carbocycles. The second-order valence-corrected chi connectivity index (χ2v) is 8.68. The van der Waals surface area contributed by atoms with Crippen molar-refractivity contribution in [2.24, 2.45) is 0 Å². The topological polar surface area (TPSA) is 68.5 Å². The summed E-state index contributed by atoms with van der Waals surface area (Å²) in [7, 11) is 0. The molecular formula is C25H18Cl3NO4. The number of halogens is 3. The van der Waals surface area contributed by atoms with Crippen LogP contribution in [0, 0.1) is 13.8 Å². The number of carbonyl (C=O) groups excluding carboxylic acids is 1. The lowest BCUT2D eigenvalue weighted by Gasteiger charge is -2.13. The number of hydrogen-bond donors (Lipinski definition) is 1. The first kappa shape index (κ1) is 23.2. The summed E-state index contributed by atoms with van der Waals surface area (Å²) in [6.45, 7) is 3.33. The van der Waals surface area contributed by atoms with Crippen molar-refractivity contribution in [1.29, 1.82) is 0 Å². The first-order chi connectivity index (χ1) is 15.7. The molecule has 0 saturated heterocycles. The van der Waals surface area contributed by atoms with Gasteiger partial charge in [0.1, 0.15) is 5.58 Å². The lowest BCUT2D eigenvalue weighted by Crippen LogP contribution is -2.23. The van der Waals surface area contributed by atoms with Crippen LogP contribution in [0.4, 0.5) is 5.69 Å². The van der Waals surface area contributed by atoms with Gasteiger partial charge in [0.05, 0.1) is 21.1 Å². The van der Waals surface area contributed by atoms with E-state index in [1.54, 1.807) is 24.3 Å². The van der Waals surface area contributed by atoms with E-state index >= 15 is 0 Å². The molecule has 0 unspecified atom stereocenters. The number of nitrogens with one attached hydrogen (secondary N) is 1. The van der Waals surface area contributed by atoms with Crippen molar-refractivity contribution in [2.45, 2.75) is 13.8 Å². The highest BCUT2D eigenvalue weighted by Crippen LogP contribution is 2.33. The molecule has 0 bridgehead atoms. The maximum Gasteiger partial charge on any atom is 0.262 e. The number of rotatable bonds is 5. The zero-order valence-corrected chi connectivity index (χ0v) is 19.9. The molecule has 0 spiro atoms. The molecule has 33 heavy (non-hydrogen) atoms. The quantitative estimate of drug-likeness (QED) is 0.317. The van der Waals surface area contributed by atoms with Gasteiger partial charge >= 0.3 is 0 Å². The summed E-state index contributed by atoms with van der Waals surface area (Å²) in [6.07, 6.45) is 0. The number of ether oxygens (including phenoxy) is 1. The number of aryl methyl sites for hydroxylation is 2. The summed E-state index contributed by atoms with van der Waals surface area (Å²) in [5.41, 5.74) is 2.74. The minimum atomic E-state index is -0.518. The molecule has 168 valence electrons. The predicted molar refractivity (Wildman–Crippen MR) is 133 cm³/mol. The summed E-state index contributed by atoms with van der Waals surface area (Å²) >= 11 is 18.3. The Kier molecular flexibility index (Phi) is 6.66. The summed E-state index contributed by atoms with van der Waals surface area (Å²) in [5.74, 6) is -0.378. The van der Waals surface area contributed by atoms with Gasteiger partial charge in [-0.15, -0.1) is 0 Å². The number of benzene rings is 3. The zero-order chi connectivity index (χ0) is 23.7. The van der Waals surface area contributed by atoms with Crippen molar-refractivity contribution in [3.05, 3.63) is 91.0 Å². The maximum absolute atomic E-state index is 13.3. The van der Waals surface area contributed by atoms with Gasteiger partial charge in [-0.05, 0) is 43.7 Å². The average Bonchev–Trinajstić information content (AvgIpc) is 2.78. The van der Waals surface area contributed by atoms with E-state index in [9.17, 15) is 9.59 Å². The van der Waals surface area contributed by atoms with Crippen LogP contribution in [0.15, 0.2) is 63.8 Å². The predicted octanol–water partition coefficient (Wildman–Crippen LogP) is 7.05. The molecule has 5 nitrogen and oxygen atoms in total. The molecule has 0 atom stereocenters. The van der Waals surface area contributed by atoms with Crippen molar-refractivity contribution in [1.82, 2.24) is 0 Å². The Morgan fingerprint density at radius 3 is 2.45 bits per heavy atom. The van der Waals surface area contributed by atoms with Crippen molar-refractivity contribution in [3.63, 3.8) is 0 Å². The molecule has 0 aliphatic heterocycles. The summed E-state index contributed by atoms with van der Waals surface area (Å²) in [4.78, 5) is 25.8. The molecule has 1 heterocycles. The molecular weight excluding hydrogens is 485 g/mol. The third-order valence-corrected chi connectivity index (χ3v) is 6.24. The monoisotopic (exact) mass is 501 g/mol. The normalized spacial score (nSPS) is 10.9. The van der Waals surface area contributed by atoms with Crippen LogP contribution in [0.1, 0.15) is 11.1 Å². The smallest absolute Gasteiger partial charge is 0.262 e. The van der Waals surface area contributed by atoms with E-state index in [0.29, 0.717) is 26.9 Å². The molecule has 4 aromatic rings. The van der Waals surface area contributed by atoms with Gasteiger partial charge in [0.25, 0.3) is 5.91 Å². The molecule has 0 fully saturated rings. The molecule has 0 aliphatic rings. The highest BCUT2D eigenvalue weighted by atomic mass is 35.5. The van der Waals surface area contributed by atoms with E-state index in [1.807, 2.05) is 38.1 Å². The maximum atomic E-state index is 13.3. The first-order valence-corrected chi connectivity index (χ1v) is 11.1. The fourth-order valence-corrected chi connectivity index (χ4v) is 3.76. The van der Waals surface area contributed by atoms with E-state index in [-0.39, 0.29) is 21.9 Å². The Hall–Kier alpha value is -2.99. The Bertz CT molecular complexity index is 1430. The zero-order valence-electron chi connectivity index (χ0n) is 17.7. The van der Waals surface area contributed by atoms with Gasteiger partial charge in [-0.1, -0.05) is 70.7 Å². The fourth-order valence-electron chi connectivity index (χ4n) is 3.25. The molecule has 1 amide bonds. The number of anilines is 1. The lowest BCUT2D eigenvalue weighted by atomic mass is 10.1. The molecule has 0 saturated carbocycles. The molecule has 3 aromatic carbocycles. The SMILES string of the molecule is Cc1ccc(-c2oc3cc(C)c(Cl)cc3c(=O)c2OCC(=O)Nc2cccc(Cl)c2Cl)cc1.